The van der Waals surface area contributed by atoms with Crippen LogP contribution in [-0.4, -0.2) is 65.4 Å². The number of carboxylic acids is 1. The predicted octanol–water partition coefficient (Wildman–Crippen LogP) is 0.411. The molecule has 1 unspecified atom stereocenters. The Balaban J connectivity index is 1.84. The van der Waals surface area contributed by atoms with Crippen LogP contribution in [0.15, 0.2) is 18.3 Å². The van der Waals surface area contributed by atoms with Gasteiger partial charge in [-0.05, 0) is 18.6 Å². The molecule has 0 radical (unpaired) electrons. The predicted molar refractivity (Wildman–Crippen MR) is 71.2 cm³/mol. The summed E-state index contributed by atoms with van der Waals surface area (Å²) in [6.45, 7) is 2.55. The first-order valence-corrected chi connectivity index (χ1v) is 6.79. The quantitative estimate of drug-likeness (QED) is 0.849. The van der Waals surface area contributed by atoms with Crippen LogP contribution in [-0.2, 0) is 9.47 Å². The Morgan fingerprint density at radius 2 is 2.00 bits per heavy atom. The number of hydrogen-bond acceptors (Lipinski definition) is 5. The van der Waals surface area contributed by atoms with Gasteiger partial charge in [-0.25, -0.2) is 9.78 Å². The fraction of sp³-hybridized carbons (Fsp3) is 0.500. The van der Waals surface area contributed by atoms with Gasteiger partial charge in [-0.1, -0.05) is 0 Å². The van der Waals surface area contributed by atoms with Gasteiger partial charge in [0, 0.05) is 19.3 Å². The molecular weight excluding hydrogens is 276 g/mol. The summed E-state index contributed by atoms with van der Waals surface area (Å²) in [6, 6.07) is 2.84. The first kappa shape index (κ1) is 14.0. The van der Waals surface area contributed by atoms with Gasteiger partial charge in [0.2, 0.25) is 0 Å². The zero-order valence-corrected chi connectivity index (χ0v) is 11.4. The maximum atomic E-state index is 12.7. The summed E-state index contributed by atoms with van der Waals surface area (Å²) >= 11 is 0. The molecule has 7 nitrogen and oxygen atoms in total. The average molecular weight is 292 g/mol. The molecule has 0 aromatic carbocycles. The second-order valence-electron chi connectivity index (χ2n) is 5.27. The van der Waals surface area contributed by atoms with E-state index in [1.54, 1.807) is 4.90 Å². The first-order valence-electron chi connectivity index (χ1n) is 6.79. The van der Waals surface area contributed by atoms with E-state index in [1.807, 2.05) is 0 Å². The number of carbonyl (C=O) groups excluding carboxylic acids is 1. The highest BCUT2D eigenvalue weighted by molar-refractivity contribution is 5.95. The Bertz CT molecular complexity index is 551. The van der Waals surface area contributed by atoms with E-state index in [-0.39, 0.29) is 11.6 Å². The second-order valence-corrected chi connectivity index (χ2v) is 5.27. The minimum Gasteiger partial charge on any atom is -0.477 e. The smallest absolute Gasteiger partial charge is 0.354 e. The van der Waals surface area contributed by atoms with Crippen molar-refractivity contribution in [2.45, 2.75) is 12.0 Å². The molecule has 1 atom stereocenters. The minimum atomic E-state index is -1.11. The summed E-state index contributed by atoms with van der Waals surface area (Å²) in [5, 5.41) is 8.84. The van der Waals surface area contributed by atoms with Crippen molar-refractivity contribution in [1.29, 1.82) is 0 Å². The van der Waals surface area contributed by atoms with Crippen LogP contribution in [0.4, 0.5) is 0 Å². The van der Waals surface area contributed by atoms with E-state index >= 15 is 0 Å². The van der Waals surface area contributed by atoms with Crippen molar-refractivity contribution in [3.63, 3.8) is 0 Å². The molecule has 2 saturated heterocycles. The van der Waals surface area contributed by atoms with E-state index in [0.29, 0.717) is 38.5 Å². The van der Waals surface area contributed by atoms with Crippen molar-refractivity contribution in [3.8, 4) is 0 Å². The Hall–Kier alpha value is -1.99. The van der Waals surface area contributed by atoms with Crippen LogP contribution in [0.3, 0.4) is 0 Å². The Morgan fingerprint density at radius 3 is 2.62 bits per heavy atom. The topological polar surface area (TPSA) is 89.0 Å². The molecule has 1 spiro atoms. The monoisotopic (exact) mass is 292 g/mol. The zero-order chi connectivity index (χ0) is 14.9. The molecule has 1 N–H and O–H groups in total. The Labute approximate surface area is 121 Å². The van der Waals surface area contributed by atoms with Crippen molar-refractivity contribution in [3.05, 3.63) is 29.6 Å². The maximum absolute atomic E-state index is 12.7. The standard InChI is InChI=1S/C14H16N2O5/c17-12(10-1-2-11(13(18)19)15-7-10)16-4-6-21-9-14(16)3-5-20-8-14/h1-2,7H,3-6,8-9H2,(H,18,19). The number of rotatable bonds is 2. The average Bonchev–Trinajstić information content (AvgIpc) is 2.96. The first-order chi connectivity index (χ1) is 10.1. The molecule has 0 saturated carbocycles. The number of pyridine rings is 1. The molecule has 0 aliphatic carbocycles. The number of amides is 1. The molecule has 2 fully saturated rings. The van der Waals surface area contributed by atoms with Gasteiger partial charge in [-0.2, -0.15) is 0 Å². The highest BCUT2D eigenvalue weighted by atomic mass is 16.5. The summed E-state index contributed by atoms with van der Waals surface area (Å²) in [5.41, 5.74) is -0.0959. The molecular formula is C14H16N2O5. The zero-order valence-electron chi connectivity index (χ0n) is 11.4. The van der Waals surface area contributed by atoms with E-state index < -0.39 is 11.5 Å². The van der Waals surface area contributed by atoms with E-state index in [2.05, 4.69) is 4.98 Å². The summed E-state index contributed by atoms with van der Waals surface area (Å²) < 4.78 is 10.9. The van der Waals surface area contributed by atoms with Crippen LogP contribution in [0.25, 0.3) is 0 Å². The van der Waals surface area contributed by atoms with Gasteiger partial charge in [0.1, 0.15) is 5.69 Å². The number of aromatic nitrogens is 1. The molecule has 7 heteroatoms. The molecule has 2 aliphatic rings. The van der Waals surface area contributed by atoms with E-state index in [4.69, 9.17) is 14.6 Å². The number of aromatic carboxylic acids is 1. The Kier molecular flexibility index (Phi) is 3.60. The van der Waals surface area contributed by atoms with Crippen molar-refractivity contribution < 1.29 is 24.2 Å². The molecule has 3 heterocycles. The summed E-state index contributed by atoms with van der Waals surface area (Å²) in [5.74, 6) is -1.27. The molecule has 2 aliphatic heterocycles. The second kappa shape index (κ2) is 5.42. The van der Waals surface area contributed by atoms with Gasteiger partial charge in [0.25, 0.3) is 5.91 Å². The van der Waals surface area contributed by atoms with E-state index in [1.165, 1.54) is 18.3 Å². The lowest BCUT2D eigenvalue weighted by atomic mass is 9.95. The third-order valence-corrected chi connectivity index (χ3v) is 3.96. The lowest BCUT2D eigenvalue weighted by Gasteiger charge is -2.43. The number of carboxylic acid groups (broad SMARTS) is 1. The number of carbonyl (C=O) groups is 2. The molecule has 1 aromatic heterocycles. The summed E-state index contributed by atoms with van der Waals surface area (Å²) in [6.07, 6.45) is 2.06. The lowest BCUT2D eigenvalue weighted by Crippen LogP contribution is -2.59. The SMILES string of the molecule is O=C(O)c1ccc(C(=O)N2CCOCC23CCOC3)cn1. The number of morpholine rings is 1. The van der Waals surface area contributed by atoms with Crippen LogP contribution in [0.1, 0.15) is 27.3 Å². The third-order valence-electron chi connectivity index (χ3n) is 3.96. The molecule has 1 aromatic rings. The van der Waals surface area contributed by atoms with E-state index in [0.717, 1.165) is 6.42 Å². The van der Waals surface area contributed by atoms with Gasteiger partial charge in [0.05, 0.1) is 30.9 Å². The highest BCUT2D eigenvalue weighted by Crippen LogP contribution is 2.30. The summed E-state index contributed by atoms with van der Waals surface area (Å²) in [4.78, 5) is 29.0. The Morgan fingerprint density at radius 1 is 1.24 bits per heavy atom. The molecule has 112 valence electrons. The van der Waals surface area contributed by atoms with Crippen LogP contribution < -0.4 is 0 Å². The summed E-state index contributed by atoms with van der Waals surface area (Å²) in [7, 11) is 0. The van der Waals surface area contributed by atoms with Gasteiger partial charge in [-0.15, -0.1) is 0 Å². The van der Waals surface area contributed by atoms with Crippen LogP contribution >= 0.6 is 0 Å². The maximum Gasteiger partial charge on any atom is 0.354 e. The molecule has 3 rings (SSSR count). The molecule has 21 heavy (non-hydrogen) atoms. The molecule has 1 amide bonds. The fourth-order valence-electron chi connectivity index (χ4n) is 2.78. The van der Waals surface area contributed by atoms with Crippen molar-refractivity contribution in [2.75, 3.05) is 33.0 Å². The van der Waals surface area contributed by atoms with Crippen molar-refractivity contribution in [2.24, 2.45) is 0 Å². The molecule has 0 bridgehead atoms. The number of ether oxygens (including phenoxy) is 2. The van der Waals surface area contributed by atoms with Gasteiger partial charge in [0.15, 0.2) is 0 Å². The third kappa shape index (κ3) is 2.50. The number of hydrogen-bond donors (Lipinski definition) is 1. The van der Waals surface area contributed by atoms with Gasteiger partial charge >= 0.3 is 5.97 Å². The van der Waals surface area contributed by atoms with Gasteiger partial charge in [-0.3, -0.25) is 4.79 Å². The van der Waals surface area contributed by atoms with E-state index in [9.17, 15) is 9.59 Å². The fourth-order valence-corrected chi connectivity index (χ4v) is 2.78. The largest absolute Gasteiger partial charge is 0.477 e. The van der Waals surface area contributed by atoms with Crippen molar-refractivity contribution >= 4 is 11.9 Å². The highest BCUT2D eigenvalue weighted by Gasteiger charge is 2.45. The van der Waals surface area contributed by atoms with Crippen LogP contribution in [0.2, 0.25) is 0 Å². The normalized spacial score (nSPS) is 25.2. The number of nitrogens with zero attached hydrogens (tertiary/aromatic N) is 2. The van der Waals surface area contributed by atoms with Crippen LogP contribution in [0, 0.1) is 0 Å². The minimum absolute atomic E-state index is 0.0764. The van der Waals surface area contributed by atoms with Crippen LogP contribution in [0.5, 0.6) is 0 Å². The van der Waals surface area contributed by atoms with Gasteiger partial charge < -0.3 is 19.5 Å². The lowest BCUT2D eigenvalue weighted by molar-refractivity contribution is -0.0551. The van der Waals surface area contributed by atoms with Crippen molar-refractivity contribution in [1.82, 2.24) is 9.88 Å².